The minimum atomic E-state index is 0.317. The standard InChI is InChI=1S/C7H13NOS/c1-6-2-3-10-7(8-6)4-9-5-7/h6,8H,2-5H2,1H3. The van der Waals surface area contributed by atoms with Crippen molar-refractivity contribution in [3.63, 3.8) is 0 Å². The normalized spacial score (nSPS) is 37.5. The van der Waals surface area contributed by atoms with Crippen LogP contribution < -0.4 is 5.32 Å². The van der Waals surface area contributed by atoms with Gasteiger partial charge < -0.3 is 4.74 Å². The van der Waals surface area contributed by atoms with Crippen molar-refractivity contribution in [1.29, 1.82) is 0 Å². The second-order valence-electron chi connectivity index (χ2n) is 3.17. The zero-order valence-corrected chi connectivity index (χ0v) is 7.04. The van der Waals surface area contributed by atoms with Gasteiger partial charge in [-0.3, -0.25) is 5.32 Å². The van der Waals surface area contributed by atoms with E-state index in [1.54, 1.807) is 0 Å². The van der Waals surface area contributed by atoms with Crippen molar-refractivity contribution in [2.24, 2.45) is 0 Å². The molecule has 10 heavy (non-hydrogen) atoms. The first kappa shape index (κ1) is 6.95. The van der Waals surface area contributed by atoms with Crippen LogP contribution >= 0.6 is 11.8 Å². The molecule has 2 rings (SSSR count). The third-order valence-electron chi connectivity index (χ3n) is 2.11. The predicted molar refractivity (Wildman–Crippen MR) is 43.2 cm³/mol. The van der Waals surface area contributed by atoms with Gasteiger partial charge in [0, 0.05) is 6.04 Å². The van der Waals surface area contributed by atoms with Crippen molar-refractivity contribution < 1.29 is 4.74 Å². The smallest absolute Gasteiger partial charge is 0.112 e. The van der Waals surface area contributed by atoms with Crippen molar-refractivity contribution in [1.82, 2.24) is 5.32 Å². The topological polar surface area (TPSA) is 21.3 Å². The lowest BCUT2D eigenvalue weighted by atomic mass is 10.1. The second kappa shape index (κ2) is 2.40. The Morgan fingerprint density at radius 1 is 1.60 bits per heavy atom. The van der Waals surface area contributed by atoms with Crippen LogP contribution in [0.3, 0.4) is 0 Å². The van der Waals surface area contributed by atoms with E-state index >= 15 is 0 Å². The Hall–Kier alpha value is 0.270. The quantitative estimate of drug-likeness (QED) is 0.565. The van der Waals surface area contributed by atoms with Crippen LogP contribution in [0.25, 0.3) is 0 Å². The van der Waals surface area contributed by atoms with E-state index in [9.17, 15) is 0 Å². The molecule has 2 heterocycles. The molecule has 1 spiro atoms. The van der Waals surface area contributed by atoms with Gasteiger partial charge in [0.05, 0.1) is 13.2 Å². The lowest BCUT2D eigenvalue weighted by Crippen LogP contribution is -2.62. The van der Waals surface area contributed by atoms with E-state index in [0.717, 1.165) is 13.2 Å². The molecular weight excluding hydrogens is 146 g/mol. The molecule has 2 aliphatic rings. The Morgan fingerprint density at radius 2 is 2.40 bits per heavy atom. The van der Waals surface area contributed by atoms with Gasteiger partial charge in [-0.15, -0.1) is 11.8 Å². The number of rotatable bonds is 0. The highest BCUT2D eigenvalue weighted by atomic mass is 32.2. The molecule has 2 nitrogen and oxygen atoms in total. The van der Waals surface area contributed by atoms with Gasteiger partial charge in [-0.25, -0.2) is 0 Å². The van der Waals surface area contributed by atoms with E-state index in [0.29, 0.717) is 10.9 Å². The van der Waals surface area contributed by atoms with E-state index in [2.05, 4.69) is 12.2 Å². The molecule has 0 aromatic rings. The number of thioether (sulfide) groups is 1. The van der Waals surface area contributed by atoms with Gasteiger partial charge in [-0.05, 0) is 19.1 Å². The number of hydrogen-bond acceptors (Lipinski definition) is 3. The lowest BCUT2D eigenvalue weighted by Gasteiger charge is -2.46. The van der Waals surface area contributed by atoms with Crippen LogP contribution in [0.5, 0.6) is 0 Å². The van der Waals surface area contributed by atoms with Crippen LogP contribution in [0.2, 0.25) is 0 Å². The van der Waals surface area contributed by atoms with Crippen LogP contribution in [0.15, 0.2) is 0 Å². The molecule has 0 radical (unpaired) electrons. The molecule has 0 bridgehead atoms. The third kappa shape index (κ3) is 1.06. The summed E-state index contributed by atoms with van der Waals surface area (Å²) in [5, 5.41) is 3.57. The van der Waals surface area contributed by atoms with Gasteiger partial charge in [0.2, 0.25) is 0 Å². The Bertz CT molecular complexity index is 136. The molecule has 0 amide bonds. The molecule has 2 aliphatic heterocycles. The fourth-order valence-corrected chi connectivity index (χ4v) is 2.93. The number of hydrogen-bond donors (Lipinski definition) is 1. The number of nitrogens with one attached hydrogen (secondary N) is 1. The van der Waals surface area contributed by atoms with E-state index in [1.807, 2.05) is 11.8 Å². The van der Waals surface area contributed by atoms with E-state index in [-0.39, 0.29) is 0 Å². The molecule has 1 unspecified atom stereocenters. The van der Waals surface area contributed by atoms with Crippen molar-refractivity contribution in [2.45, 2.75) is 24.3 Å². The van der Waals surface area contributed by atoms with Crippen molar-refractivity contribution in [3.05, 3.63) is 0 Å². The molecular formula is C7H13NOS. The highest BCUT2D eigenvalue weighted by molar-refractivity contribution is 8.00. The molecule has 1 atom stereocenters. The molecule has 0 aromatic carbocycles. The summed E-state index contributed by atoms with van der Waals surface area (Å²) < 4.78 is 5.18. The highest BCUT2D eigenvalue weighted by Gasteiger charge is 2.41. The molecule has 1 N–H and O–H groups in total. The van der Waals surface area contributed by atoms with E-state index in [1.165, 1.54) is 12.2 Å². The van der Waals surface area contributed by atoms with Gasteiger partial charge in [-0.2, -0.15) is 0 Å². The Balaban J connectivity index is 1.96. The van der Waals surface area contributed by atoms with Crippen LogP contribution in [0, 0.1) is 0 Å². The molecule has 3 heteroatoms. The first-order chi connectivity index (χ1) is 4.81. The molecule has 2 saturated heterocycles. The van der Waals surface area contributed by atoms with Crippen LogP contribution in [0.4, 0.5) is 0 Å². The highest BCUT2D eigenvalue weighted by Crippen LogP contribution is 2.34. The predicted octanol–water partition coefficient (Wildman–Crippen LogP) is 0.828. The molecule has 2 fully saturated rings. The zero-order valence-electron chi connectivity index (χ0n) is 6.22. The fraction of sp³-hybridized carbons (Fsp3) is 1.00. The fourth-order valence-electron chi connectivity index (χ4n) is 1.45. The van der Waals surface area contributed by atoms with Gasteiger partial charge in [-0.1, -0.05) is 0 Å². The average molecular weight is 159 g/mol. The second-order valence-corrected chi connectivity index (χ2v) is 4.65. The number of ether oxygens (including phenoxy) is 1. The van der Waals surface area contributed by atoms with E-state index < -0.39 is 0 Å². The Labute approximate surface area is 65.7 Å². The van der Waals surface area contributed by atoms with Gasteiger partial charge in [0.1, 0.15) is 4.87 Å². The summed E-state index contributed by atoms with van der Waals surface area (Å²) in [7, 11) is 0. The SMILES string of the molecule is CC1CCSC2(COC2)N1. The average Bonchev–Trinajstić information content (AvgIpc) is 1.85. The maximum Gasteiger partial charge on any atom is 0.112 e. The summed E-state index contributed by atoms with van der Waals surface area (Å²) in [5.41, 5.74) is 0. The Kier molecular flexibility index (Phi) is 1.66. The summed E-state index contributed by atoms with van der Waals surface area (Å²) in [6.07, 6.45) is 1.30. The summed E-state index contributed by atoms with van der Waals surface area (Å²) in [6, 6.07) is 0.685. The van der Waals surface area contributed by atoms with E-state index in [4.69, 9.17) is 4.74 Å². The van der Waals surface area contributed by atoms with Crippen LogP contribution in [0.1, 0.15) is 13.3 Å². The van der Waals surface area contributed by atoms with Crippen molar-refractivity contribution >= 4 is 11.8 Å². The summed E-state index contributed by atoms with van der Waals surface area (Å²) >= 11 is 2.02. The minimum absolute atomic E-state index is 0.317. The lowest BCUT2D eigenvalue weighted by molar-refractivity contribution is -0.0305. The van der Waals surface area contributed by atoms with Gasteiger partial charge >= 0.3 is 0 Å². The summed E-state index contributed by atoms with van der Waals surface area (Å²) in [6.45, 7) is 4.06. The van der Waals surface area contributed by atoms with Gasteiger partial charge in [0.15, 0.2) is 0 Å². The van der Waals surface area contributed by atoms with Crippen molar-refractivity contribution in [3.8, 4) is 0 Å². The monoisotopic (exact) mass is 159 g/mol. The first-order valence-electron chi connectivity index (χ1n) is 3.80. The maximum absolute atomic E-state index is 5.18. The Morgan fingerprint density at radius 3 is 2.80 bits per heavy atom. The summed E-state index contributed by atoms with van der Waals surface area (Å²) in [4.78, 5) is 0.317. The third-order valence-corrected chi connectivity index (χ3v) is 3.46. The summed E-state index contributed by atoms with van der Waals surface area (Å²) in [5.74, 6) is 1.29. The largest absolute Gasteiger partial charge is 0.376 e. The van der Waals surface area contributed by atoms with Crippen LogP contribution in [-0.4, -0.2) is 29.9 Å². The van der Waals surface area contributed by atoms with Crippen molar-refractivity contribution in [2.75, 3.05) is 19.0 Å². The van der Waals surface area contributed by atoms with Crippen LogP contribution in [-0.2, 0) is 4.74 Å². The first-order valence-corrected chi connectivity index (χ1v) is 4.79. The zero-order chi connectivity index (χ0) is 7.03. The van der Waals surface area contributed by atoms with Gasteiger partial charge in [0.25, 0.3) is 0 Å². The molecule has 0 aromatic heterocycles. The molecule has 0 aliphatic carbocycles. The molecule has 58 valence electrons. The minimum Gasteiger partial charge on any atom is -0.376 e. The maximum atomic E-state index is 5.18. The molecule has 0 saturated carbocycles.